The molecule has 7 nitrogen and oxygen atoms in total. The molecule has 0 amide bonds. The Balaban J connectivity index is 2.42. The second kappa shape index (κ2) is 7.15. The second-order valence-electron chi connectivity index (χ2n) is 4.17. The third-order valence-electron chi connectivity index (χ3n) is 2.75. The molecule has 0 fully saturated rings. The Hall–Kier alpha value is -1.98. The number of rotatable bonds is 7. The van der Waals surface area contributed by atoms with E-state index in [-0.39, 0.29) is 0 Å². The van der Waals surface area contributed by atoms with E-state index in [1.54, 1.807) is 18.9 Å². The first kappa shape index (κ1) is 15.4. The molecule has 2 heterocycles. The van der Waals surface area contributed by atoms with Gasteiger partial charge < -0.3 is 9.47 Å². The van der Waals surface area contributed by atoms with Gasteiger partial charge in [-0.3, -0.25) is 9.25 Å². The van der Waals surface area contributed by atoms with Crippen LogP contribution < -0.4 is 4.74 Å². The third-order valence-corrected chi connectivity index (χ3v) is 3.62. The van der Waals surface area contributed by atoms with Gasteiger partial charge in [-0.1, -0.05) is 17.7 Å². The number of methoxy groups -OCH3 is 2. The lowest BCUT2D eigenvalue weighted by atomic mass is 10.3. The van der Waals surface area contributed by atoms with Crippen molar-refractivity contribution in [2.45, 2.75) is 11.7 Å². The molecule has 0 aromatic carbocycles. The first-order chi connectivity index (χ1) is 10.2. The van der Waals surface area contributed by atoms with Crippen molar-refractivity contribution in [2.75, 3.05) is 26.6 Å². The molecule has 0 saturated carbocycles. The zero-order valence-electron chi connectivity index (χ0n) is 12.2. The van der Waals surface area contributed by atoms with Gasteiger partial charge in [-0.05, 0) is 0 Å². The summed E-state index contributed by atoms with van der Waals surface area (Å²) in [5.74, 6) is 4.32. The molecule has 0 saturated heterocycles. The summed E-state index contributed by atoms with van der Waals surface area (Å²) in [4.78, 5) is 0. The molecule has 2 aromatic rings. The van der Waals surface area contributed by atoms with Crippen LogP contribution in [0.25, 0.3) is 11.4 Å². The molecular formula is C13H17N5O2S. The maximum Gasteiger partial charge on any atom is 0.243 e. The van der Waals surface area contributed by atoms with E-state index >= 15 is 0 Å². The first-order valence-corrected chi connectivity index (χ1v) is 7.26. The van der Waals surface area contributed by atoms with Crippen LogP contribution in [0.5, 0.6) is 5.88 Å². The van der Waals surface area contributed by atoms with Crippen molar-refractivity contribution >= 4 is 11.8 Å². The number of aromatic nitrogens is 5. The van der Waals surface area contributed by atoms with Gasteiger partial charge in [0.15, 0.2) is 11.0 Å². The van der Waals surface area contributed by atoms with Crippen molar-refractivity contribution in [3.8, 4) is 29.6 Å². The summed E-state index contributed by atoms with van der Waals surface area (Å²) < 4.78 is 14.1. The zero-order chi connectivity index (χ0) is 15.2. The molecule has 0 aliphatic carbocycles. The molecule has 2 rings (SSSR count). The highest BCUT2D eigenvalue weighted by atomic mass is 32.2. The van der Waals surface area contributed by atoms with Crippen LogP contribution in [0.3, 0.4) is 0 Å². The molecule has 8 heteroatoms. The van der Waals surface area contributed by atoms with E-state index in [1.807, 2.05) is 17.8 Å². The minimum atomic E-state index is 0.511. The van der Waals surface area contributed by atoms with Crippen LogP contribution in [-0.2, 0) is 18.3 Å². The lowest BCUT2D eigenvalue weighted by Crippen LogP contribution is -2.07. The van der Waals surface area contributed by atoms with E-state index in [1.165, 1.54) is 11.8 Å². The van der Waals surface area contributed by atoms with Gasteiger partial charge in [-0.2, -0.15) is 0 Å². The number of thioether (sulfide) groups is 1. The van der Waals surface area contributed by atoms with Gasteiger partial charge >= 0.3 is 0 Å². The van der Waals surface area contributed by atoms with Crippen molar-refractivity contribution in [3.63, 3.8) is 0 Å². The molecule has 0 N–H and O–H groups in total. The normalized spacial score (nSPS) is 10.6. The number of aryl methyl sites for hydroxylation is 1. The average molecular weight is 307 g/mol. The van der Waals surface area contributed by atoms with E-state index in [0.717, 1.165) is 10.7 Å². The van der Waals surface area contributed by atoms with E-state index in [2.05, 4.69) is 21.2 Å². The second-order valence-corrected chi connectivity index (χ2v) is 5.11. The minimum absolute atomic E-state index is 0.511. The van der Waals surface area contributed by atoms with Crippen LogP contribution in [0.4, 0.5) is 0 Å². The molecule has 0 spiro atoms. The van der Waals surface area contributed by atoms with Crippen molar-refractivity contribution < 1.29 is 9.47 Å². The number of ether oxygens (including phenoxy) is 2. The molecule has 112 valence electrons. The molecule has 0 unspecified atom stereocenters. The third kappa shape index (κ3) is 3.37. The zero-order valence-corrected chi connectivity index (χ0v) is 13.1. The molecular weight excluding hydrogens is 290 g/mol. The Morgan fingerprint density at radius 2 is 2.19 bits per heavy atom. The van der Waals surface area contributed by atoms with Gasteiger partial charge in [0.2, 0.25) is 5.88 Å². The van der Waals surface area contributed by atoms with E-state index in [9.17, 15) is 0 Å². The lowest BCUT2D eigenvalue weighted by molar-refractivity contribution is 0.185. The van der Waals surface area contributed by atoms with Gasteiger partial charge in [0, 0.05) is 20.4 Å². The molecule has 0 atom stereocenters. The van der Waals surface area contributed by atoms with Gasteiger partial charge in [0.1, 0.15) is 5.56 Å². The fourth-order valence-electron chi connectivity index (χ4n) is 1.86. The lowest BCUT2D eigenvalue weighted by Gasteiger charge is -2.08. The van der Waals surface area contributed by atoms with E-state index < -0.39 is 0 Å². The van der Waals surface area contributed by atoms with Crippen molar-refractivity contribution in [1.82, 2.24) is 24.5 Å². The number of nitrogens with zero attached hydrogens (tertiary/aromatic N) is 5. The monoisotopic (exact) mass is 307 g/mol. The van der Waals surface area contributed by atoms with E-state index in [0.29, 0.717) is 30.6 Å². The Morgan fingerprint density at radius 3 is 2.86 bits per heavy atom. The Kier molecular flexibility index (Phi) is 5.25. The number of terminal acetylenes is 1. The first-order valence-electron chi connectivity index (χ1n) is 6.27. The highest BCUT2D eigenvalue weighted by molar-refractivity contribution is 7.99. The maximum absolute atomic E-state index is 5.31. The van der Waals surface area contributed by atoms with Crippen LogP contribution in [0.15, 0.2) is 11.4 Å². The Labute approximate surface area is 127 Å². The summed E-state index contributed by atoms with van der Waals surface area (Å²) in [5, 5.41) is 13.4. The predicted molar refractivity (Wildman–Crippen MR) is 80.2 cm³/mol. The van der Waals surface area contributed by atoms with Crippen molar-refractivity contribution in [1.29, 1.82) is 0 Å². The fraction of sp³-hybridized carbons (Fsp3) is 0.462. The summed E-state index contributed by atoms with van der Waals surface area (Å²) in [6.07, 6.45) is 7.16. The van der Waals surface area contributed by atoms with Gasteiger partial charge in [-0.25, -0.2) is 0 Å². The van der Waals surface area contributed by atoms with E-state index in [4.69, 9.17) is 15.9 Å². The van der Waals surface area contributed by atoms with Crippen molar-refractivity contribution in [2.24, 2.45) is 7.05 Å². The minimum Gasteiger partial charge on any atom is -0.479 e. The molecule has 2 aromatic heterocycles. The number of hydrogen-bond acceptors (Lipinski definition) is 6. The highest BCUT2D eigenvalue weighted by Crippen LogP contribution is 2.29. The topological polar surface area (TPSA) is 67.0 Å². The summed E-state index contributed by atoms with van der Waals surface area (Å²) in [5.41, 5.74) is 0.788. The van der Waals surface area contributed by atoms with Crippen molar-refractivity contribution in [3.05, 3.63) is 6.20 Å². The van der Waals surface area contributed by atoms with Gasteiger partial charge in [0.05, 0.1) is 26.0 Å². The molecule has 21 heavy (non-hydrogen) atoms. The fourth-order valence-corrected chi connectivity index (χ4v) is 2.50. The highest BCUT2D eigenvalue weighted by Gasteiger charge is 2.19. The quantitative estimate of drug-likeness (QED) is 0.563. The van der Waals surface area contributed by atoms with Gasteiger partial charge in [-0.15, -0.1) is 21.7 Å². The summed E-state index contributed by atoms with van der Waals surface area (Å²) in [6, 6.07) is 0. The van der Waals surface area contributed by atoms with Crippen LogP contribution in [0, 0.1) is 12.3 Å². The SMILES string of the molecule is C#CCSc1nnc(-c2cn(C)nc2OC)n1CCOC. The predicted octanol–water partition coefficient (Wildman–Crippen LogP) is 1.06. The van der Waals surface area contributed by atoms with Crippen LogP contribution >= 0.6 is 11.8 Å². The molecule has 0 aliphatic heterocycles. The Bertz CT molecular complexity index is 644. The molecule has 0 bridgehead atoms. The maximum atomic E-state index is 5.31. The summed E-state index contributed by atoms with van der Waals surface area (Å²) >= 11 is 1.46. The Morgan fingerprint density at radius 1 is 1.38 bits per heavy atom. The molecule has 0 aliphatic rings. The summed E-state index contributed by atoms with van der Waals surface area (Å²) in [7, 11) is 5.06. The van der Waals surface area contributed by atoms with Crippen LogP contribution in [0.1, 0.15) is 0 Å². The average Bonchev–Trinajstić information content (AvgIpc) is 3.05. The van der Waals surface area contributed by atoms with Crippen LogP contribution in [-0.4, -0.2) is 51.1 Å². The smallest absolute Gasteiger partial charge is 0.243 e. The van der Waals surface area contributed by atoms with Crippen LogP contribution in [0.2, 0.25) is 0 Å². The number of hydrogen-bond donors (Lipinski definition) is 0. The molecule has 0 radical (unpaired) electrons. The largest absolute Gasteiger partial charge is 0.479 e. The standard InChI is InChI=1S/C13H17N5O2S/c1-5-8-21-13-15-14-11(18(13)6-7-19-3)10-9-17(2)16-12(10)20-4/h1,9H,6-8H2,2-4H3. The van der Waals surface area contributed by atoms with Gasteiger partial charge in [0.25, 0.3) is 0 Å². The summed E-state index contributed by atoms with van der Waals surface area (Å²) in [6.45, 7) is 1.18.